The predicted molar refractivity (Wildman–Crippen MR) is 97.4 cm³/mol. The molecule has 0 bridgehead atoms. The highest BCUT2D eigenvalue weighted by atomic mass is 79.9. The van der Waals surface area contributed by atoms with Gasteiger partial charge in [0.25, 0.3) is 5.91 Å². The third-order valence-corrected chi connectivity index (χ3v) is 4.68. The van der Waals surface area contributed by atoms with Gasteiger partial charge in [-0.3, -0.25) is 4.79 Å². The monoisotopic (exact) mass is 441 g/mol. The summed E-state index contributed by atoms with van der Waals surface area (Å²) in [6, 6.07) is 10.00. The molecule has 1 amide bonds. The van der Waals surface area contributed by atoms with Crippen molar-refractivity contribution in [1.29, 1.82) is 0 Å². The fourth-order valence-electron chi connectivity index (χ4n) is 2.84. The number of hydrogen-bond acceptors (Lipinski definition) is 3. The topological polar surface area (TPSA) is 62.5 Å². The van der Waals surface area contributed by atoms with Crippen LogP contribution in [-0.2, 0) is 6.18 Å². The van der Waals surface area contributed by atoms with E-state index in [-0.39, 0.29) is 17.9 Å². The number of fused-ring (bicyclic) bond motifs is 1. The number of carbonyl (C=O) groups excluding carboxylic acids is 1. The van der Waals surface area contributed by atoms with Crippen molar-refractivity contribution in [3.8, 4) is 0 Å². The number of alkyl halides is 3. The van der Waals surface area contributed by atoms with Crippen molar-refractivity contribution in [2.45, 2.75) is 19.2 Å². The van der Waals surface area contributed by atoms with Gasteiger partial charge in [0.2, 0.25) is 0 Å². The van der Waals surface area contributed by atoms with Crippen LogP contribution in [0.1, 0.15) is 33.3 Å². The Hall–Kier alpha value is -2.32. The molecular formula is C19H15BrF3NO3. The van der Waals surface area contributed by atoms with Crippen molar-refractivity contribution in [3.63, 3.8) is 0 Å². The van der Waals surface area contributed by atoms with Gasteiger partial charge in [-0.25, -0.2) is 0 Å². The summed E-state index contributed by atoms with van der Waals surface area (Å²) in [6.07, 6.45) is -6.10. The van der Waals surface area contributed by atoms with E-state index in [1.807, 2.05) is 0 Å². The molecular weight excluding hydrogens is 427 g/mol. The van der Waals surface area contributed by atoms with Gasteiger partial charge in [-0.2, -0.15) is 13.2 Å². The van der Waals surface area contributed by atoms with Gasteiger partial charge in [-0.15, -0.1) is 0 Å². The normalized spacial score (nSPS) is 13.0. The van der Waals surface area contributed by atoms with Crippen molar-refractivity contribution in [1.82, 2.24) is 5.32 Å². The molecule has 1 unspecified atom stereocenters. The highest BCUT2D eigenvalue weighted by Gasteiger charge is 2.34. The molecule has 8 heteroatoms. The van der Waals surface area contributed by atoms with Gasteiger partial charge < -0.3 is 14.8 Å². The molecule has 1 heterocycles. The molecule has 2 N–H and O–H groups in total. The number of aryl methyl sites for hydroxylation is 1. The number of rotatable bonds is 4. The molecule has 27 heavy (non-hydrogen) atoms. The maximum absolute atomic E-state index is 13.1. The molecule has 0 aliphatic rings. The average molecular weight is 442 g/mol. The first-order valence-electron chi connectivity index (χ1n) is 7.99. The van der Waals surface area contributed by atoms with E-state index in [0.717, 1.165) is 15.9 Å². The Morgan fingerprint density at radius 2 is 1.96 bits per heavy atom. The van der Waals surface area contributed by atoms with E-state index in [1.165, 1.54) is 18.2 Å². The largest absolute Gasteiger partial charge is 0.451 e. The SMILES string of the molecule is Cc1c(C(=O)NCC(O)c2ccccc2C(F)(F)F)oc2ccc(Br)cc12. The van der Waals surface area contributed by atoms with E-state index in [1.54, 1.807) is 25.1 Å². The van der Waals surface area contributed by atoms with Crippen LogP contribution in [0.3, 0.4) is 0 Å². The van der Waals surface area contributed by atoms with E-state index in [0.29, 0.717) is 11.1 Å². The van der Waals surface area contributed by atoms with Gasteiger partial charge in [0.05, 0.1) is 11.7 Å². The van der Waals surface area contributed by atoms with Crippen LogP contribution >= 0.6 is 15.9 Å². The van der Waals surface area contributed by atoms with Crippen LogP contribution in [0.25, 0.3) is 11.0 Å². The molecule has 1 aromatic heterocycles. The third kappa shape index (κ3) is 4.01. The van der Waals surface area contributed by atoms with Gasteiger partial charge >= 0.3 is 6.18 Å². The second-order valence-corrected chi connectivity index (χ2v) is 6.92. The third-order valence-electron chi connectivity index (χ3n) is 4.19. The summed E-state index contributed by atoms with van der Waals surface area (Å²) in [5.41, 5.74) is -0.107. The van der Waals surface area contributed by atoms with Crippen molar-refractivity contribution in [3.05, 3.63) is 69.4 Å². The lowest BCUT2D eigenvalue weighted by molar-refractivity contribution is -0.139. The minimum atomic E-state index is -4.59. The van der Waals surface area contributed by atoms with Crippen molar-refractivity contribution < 1.29 is 27.5 Å². The molecule has 0 radical (unpaired) electrons. The zero-order chi connectivity index (χ0) is 19.8. The summed E-state index contributed by atoms with van der Waals surface area (Å²) in [7, 11) is 0. The number of nitrogens with one attached hydrogen (secondary N) is 1. The average Bonchev–Trinajstić information content (AvgIpc) is 2.95. The zero-order valence-corrected chi connectivity index (χ0v) is 15.7. The van der Waals surface area contributed by atoms with E-state index in [2.05, 4.69) is 21.2 Å². The van der Waals surface area contributed by atoms with E-state index < -0.39 is 23.8 Å². The quantitative estimate of drug-likeness (QED) is 0.599. The van der Waals surface area contributed by atoms with Gasteiger partial charge in [-0.05, 0) is 36.8 Å². The van der Waals surface area contributed by atoms with Crippen LogP contribution < -0.4 is 5.32 Å². The number of aliphatic hydroxyl groups is 1. The number of hydrogen-bond donors (Lipinski definition) is 2. The molecule has 0 aliphatic carbocycles. The lowest BCUT2D eigenvalue weighted by atomic mass is 10.0. The number of benzene rings is 2. The smallest absolute Gasteiger partial charge is 0.416 e. The highest BCUT2D eigenvalue weighted by Crippen LogP contribution is 2.34. The van der Waals surface area contributed by atoms with Crippen LogP contribution in [0, 0.1) is 6.92 Å². The molecule has 1 atom stereocenters. The van der Waals surface area contributed by atoms with Gasteiger partial charge in [0, 0.05) is 22.0 Å². The Labute approximate surface area is 161 Å². The summed E-state index contributed by atoms with van der Waals surface area (Å²) >= 11 is 3.34. The standard InChI is InChI=1S/C19H15BrF3NO3/c1-10-13-8-11(20)6-7-16(13)27-17(10)18(26)24-9-15(25)12-4-2-3-5-14(12)19(21,22)23/h2-8,15,25H,9H2,1H3,(H,24,26). The second kappa shape index (κ2) is 7.36. The molecule has 0 spiro atoms. The molecule has 0 aliphatic heterocycles. The maximum Gasteiger partial charge on any atom is 0.416 e. The lowest BCUT2D eigenvalue weighted by Gasteiger charge is -2.17. The summed E-state index contributed by atoms with van der Waals surface area (Å²) in [5.74, 6) is -0.553. The first-order chi connectivity index (χ1) is 12.7. The van der Waals surface area contributed by atoms with Crippen LogP contribution in [0.5, 0.6) is 0 Å². The number of furan rings is 1. The number of carbonyl (C=O) groups is 1. The fourth-order valence-corrected chi connectivity index (χ4v) is 3.20. The molecule has 142 valence electrons. The van der Waals surface area contributed by atoms with Gasteiger partial charge in [0.1, 0.15) is 5.58 Å². The first-order valence-corrected chi connectivity index (χ1v) is 8.79. The van der Waals surface area contributed by atoms with Crippen LogP contribution in [0.2, 0.25) is 0 Å². The zero-order valence-electron chi connectivity index (χ0n) is 14.1. The minimum Gasteiger partial charge on any atom is -0.451 e. The van der Waals surface area contributed by atoms with Gasteiger partial charge in [-0.1, -0.05) is 34.1 Å². The lowest BCUT2D eigenvalue weighted by Crippen LogP contribution is -2.29. The second-order valence-electron chi connectivity index (χ2n) is 6.01. The summed E-state index contributed by atoms with van der Waals surface area (Å²) in [4.78, 5) is 12.4. The molecule has 0 fully saturated rings. The number of amides is 1. The Balaban J connectivity index is 1.78. The molecule has 2 aromatic carbocycles. The molecule has 0 saturated heterocycles. The number of halogens is 4. The summed E-state index contributed by atoms with van der Waals surface area (Å²) in [6.45, 7) is 1.33. The van der Waals surface area contributed by atoms with Crippen LogP contribution in [0.4, 0.5) is 13.2 Å². The van der Waals surface area contributed by atoms with Crippen molar-refractivity contribution >= 4 is 32.8 Å². The molecule has 3 rings (SSSR count). The Kier molecular flexibility index (Phi) is 5.30. The van der Waals surface area contributed by atoms with Crippen LogP contribution in [0.15, 0.2) is 51.4 Å². The minimum absolute atomic E-state index is 0.0550. The predicted octanol–water partition coefficient (Wildman–Crippen LogP) is 4.99. The van der Waals surface area contributed by atoms with Crippen LogP contribution in [-0.4, -0.2) is 17.6 Å². The van der Waals surface area contributed by atoms with E-state index >= 15 is 0 Å². The summed E-state index contributed by atoms with van der Waals surface area (Å²) in [5, 5.41) is 13.3. The Morgan fingerprint density at radius 3 is 2.67 bits per heavy atom. The van der Waals surface area contributed by atoms with Gasteiger partial charge in [0.15, 0.2) is 5.76 Å². The van der Waals surface area contributed by atoms with Crippen molar-refractivity contribution in [2.75, 3.05) is 6.54 Å². The maximum atomic E-state index is 13.1. The first kappa shape index (κ1) is 19.4. The molecule has 4 nitrogen and oxygen atoms in total. The molecule has 3 aromatic rings. The van der Waals surface area contributed by atoms with Crippen molar-refractivity contribution in [2.24, 2.45) is 0 Å². The van der Waals surface area contributed by atoms with E-state index in [4.69, 9.17) is 4.42 Å². The van der Waals surface area contributed by atoms with E-state index in [9.17, 15) is 23.1 Å². The Bertz CT molecular complexity index is 998. The number of aliphatic hydroxyl groups excluding tert-OH is 1. The Morgan fingerprint density at radius 1 is 1.26 bits per heavy atom. The molecule has 0 saturated carbocycles. The fraction of sp³-hybridized carbons (Fsp3) is 0.211. The highest BCUT2D eigenvalue weighted by molar-refractivity contribution is 9.10. The summed E-state index contributed by atoms with van der Waals surface area (Å²) < 4.78 is 45.5.